The van der Waals surface area contributed by atoms with Gasteiger partial charge in [0.2, 0.25) is 0 Å². The van der Waals surface area contributed by atoms with E-state index >= 15 is 0 Å². The standard InChI is InChI=1S/C23H36N4O3.HI/c1-8-24-22(26-15-23(4,28)20-12-16(2)30-17(20)3)25-14-21(27(5)6)18-10-9-11-19(13-18)29-7;/h9-13,21,28H,8,14-15H2,1-7H3,(H2,24,25,26);1H. The van der Waals surface area contributed by atoms with Crippen molar-refractivity contribution in [1.82, 2.24) is 15.5 Å². The number of ether oxygens (including phenoxy) is 1. The maximum absolute atomic E-state index is 11.0. The van der Waals surface area contributed by atoms with Crippen molar-refractivity contribution < 1.29 is 14.3 Å². The lowest BCUT2D eigenvalue weighted by atomic mass is 9.96. The minimum absolute atomic E-state index is 0. The normalized spacial score (nSPS) is 14.5. The summed E-state index contributed by atoms with van der Waals surface area (Å²) in [6, 6.07) is 10.1. The molecule has 7 nitrogen and oxygen atoms in total. The lowest BCUT2D eigenvalue weighted by molar-refractivity contribution is 0.0657. The predicted octanol–water partition coefficient (Wildman–Crippen LogP) is 3.59. The Bertz CT molecular complexity index is 849. The van der Waals surface area contributed by atoms with E-state index in [-0.39, 0.29) is 36.6 Å². The van der Waals surface area contributed by atoms with Gasteiger partial charge >= 0.3 is 0 Å². The molecule has 0 aliphatic rings. The van der Waals surface area contributed by atoms with Crippen molar-refractivity contribution in [2.45, 2.75) is 39.3 Å². The van der Waals surface area contributed by atoms with Crippen LogP contribution in [0.15, 0.2) is 39.7 Å². The maximum atomic E-state index is 11.0. The number of furan rings is 1. The summed E-state index contributed by atoms with van der Waals surface area (Å²) >= 11 is 0. The minimum Gasteiger partial charge on any atom is -0.497 e. The van der Waals surface area contributed by atoms with Crippen molar-refractivity contribution in [1.29, 1.82) is 0 Å². The van der Waals surface area contributed by atoms with Gasteiger partial charge in [0.1, 0.15) is 22.9 Å². The summed E-state index contributed by atoms with van der Waals surface area (Å²) in [7, 11) is 5.77. The number of nitrogens with zero attached hydrogens (tertiary/aromatic N) is 2. The van der Waals surface area contributed by atoms with Crippen LogP contribution in [-0.2, 0) is 5.60 Å². The highest BCUT2D eigenvalue weighted by atomic mass is 127. The fourth-order valence-electron chi connectivity index (χ4n) is 3.47. The minimum atomic E-state index is -1.11. The zero-order valence-electron chi connectivity index (χ0n) is 19.7. The molecule has 3 N–H and O–H groups in total. The summed E-state index contributed by atoms with van der Waals surface area (Å²) in [5, 5.41) is 17.6. The number of aliphatic hydroxyl groups is 1. The highest BCUT2D eigenvalue weighted by molar-refractivity contribution is 14.0. The van der Waals surface area contributed by atoms with Crippen molar-refractivity contribution in [2.24, 2.45) is 4.99 Å². The Morgan fingerprint density at radius 2 is 1.97 bits per heavy atom. The molecule has 2 unspecified atom stereocenters. The van der Waals surface area contributed by atoms with Crippen LogP contribution in [0.3, 0.4) is 0 Å². The van der Waals surface area contributed by atoms with Crippen LogP contribution in [0, 0.1) is 13.8 Å². The molecule has 0 radical (unpaired) electrons. The van der Waals surface area contributed by atoms with Gasteiger partial charge in [0.25, 0.3) is 0 Å². The molecular weight excluding hydrogens is 507 g/mol. The molecule has 1 aromatic heterocycles. The fourth-order valence-corrected chi connectivity index (χ4v) is 3.47. The Labute approximate surface area is 203 Å². The molecule has 2 atom stereocenters. The molecule has 0 aliphatic carbocycles. The van der Waals surface area contributed by atoms with Gasteiger partial charge in [0, 0.05) is 18.7 Å². The number of likely N-dealkylation sites (N-methyl/N-ethyl adjacent to an activating group) is 1. The number of hydrogen-bond donors (Lipinski definition) is 3. The number of methoxy groups -OCH3 is 1. The number of hydrogen-bond acceptors (Lipinski definition) is 5. The van der Waals surface area contributed by atoms with E-state index in [1.807, 2.05) is 59.1 Å². The number of rotatable bonds is 9. The summed E-state index contributed by atoms with van der Waals surface area (Å²) in [6.45, 7) is 9.11. The highest BCUT2D eigenvalue weighted by Crippen LogP contribution is 2.27. The Balaban J connectivity index is 0.00000480. The number of nitrogens with one attached hydrogen (secondary N) is 2. The van der Waals surface area contributed by atoms with E-state index in [1.165, 1.54) is 0 Å². The van der Waals surface area contributed by atoms with Crippen molar-refractivity contribution >= 4 is 29.9 Å². The molecule has 0 spiro atoms. The van der Waals surface area contributed by atoms with E-state index in [2.05, 4.69) is 26.6 Å². The molecule has 8 heteroatoms. The summed E-state index contributed by atoms with van der Waals surface area (Å²) in [5.74, 6) is 2.99. The van der Waals surface area contributed by atoms with Gasteiger partial charge in [-0.05, 0) is 65.6 Å². The maximum Gasteiger partial charge on any atom is 0.191 e. The number of aliphatic imine (C=N–C) groups is 1. The molecule has 2 aromatic rings. The van der Waals surface area contributed by atoms with Crippen molar-refractivity contribution in [3.63, 3.8) is 0 Å². The van der Waals surface area contributed by atoms with E-state index in [4.69, 9.17) is 9.15 Å². The van der Waals surface area contributed by atoms with Crippen LogP contribution < -0.4 is 15.4 Å². The number of guanidine groups is 1. The average Bonchev–Trinajstić information content (AvgIpc) is 3.05. The fraction of sp³-hybridized carbons (Fsp3) is 0.522. The summed E-state index contributed by atoms with van der Waals surface area (Å²) < 4.78 is 10.9. The Kier molecular flexibility index (Phi) is 10.8. The third-order valence-electron chi connectivity index (χ3n) is 5.08. The van der Waals surface area contributed by atoms with Gasteiger partial charge in [0.15, 0.2) is 5.96 Å². The zero-order valence-corrected chi connectivity index (χ0v) is 22.0. The van der Waals surface area contributed by atoms with Gasteiger partial charge < -0.3 is 29.8 Å². The molecule has 0 fully saturated rings. The predicted molar refractivity (Wildman–Crippen MR) is 137 cm³/mol. The molecule has 2 rings (SSSR count). The Hall–Kier alpha value is -1.78. The first-order chi connectivity index (χ1) is 14.2. The van der Waals surface area contributed by atoms with Crippen LogP contribution >= 0.6 is 24.0 Å². The summed E-state index contributed by atoms with van der Waals surface area (Å²) in [6.07, 6.45) is 0. The lowest BCUT2D eigenvalue weighted by Gasteiger charge is -2.27. The van der Waals surface area contributed by atoms with Crippen LogP contribution in [0.5, 0.6) is 5.75 Å². The third kappa shape index (κ3) is 7.69. The number of aryl methyl sites for hydroxylation is 2. The first-order valence-electron chi connectivity index (χ1n) is 10.3. The van der Waals surface area contributed by atoms with Gasteiger partial charge in [0.05, 0.1) is 19.7 Å². The Morgan fingerprint density at radius 1 is 1.26 bits per heavy atom. The van der Waals surface area contributed by atoms with E-state index in [1.54, 1.807) is 14.0 Å². The van der Waals surface area contributed by atoms with Gasteiger partial charge in [-0.2, -0.15) is 0 Å². The van der Waals surface area contributed by atoms with E-state index in [0.29, 0.717) is 12.5 Å². The smallest absolute Gasteiger partial charge is 0.191 e. The molecule has 0 aliphatic heterocycles. The van der Waals surface area contributed by atoms with Crippen LogP contribution in [0.4, 0.5) is 0 Å². The largest absolute Gasteiger partial charge is 0.497 e. The van der Waals surface area contributed by atoms with Crippen molar-refractivity contribution in [3.05, 3.63) is 53.0 Å². The molecule has 0 saturated heterocycles. The van der Waals surface area contributed by atoms with Gasteiger partial charge in [-0.15, -0.1) is 24.0 Å². The second kappa shape index (κ2) is 12.3. The van der Waals surface area contributed by atoms with E-state index < -0.39 is 5.60 Å². The third-order valence-corrected chi connectivity index (χ3v) is 5.08. The zero-order chi connectivity index (χ0) is 22.3. The second-order valence-corrected chi connectivity index (χ2v) is 7.93. The summed E-state index contributed by atoms with van der Waals surface area (Å²) in [4.78, 5) is 6.78. The molecule has 0 bridgehead atoms. The van der Waals surface area contributed by atoms with Crippen LogP contribution in [-0.4, -0.2) is 56.8 Å². The van der Waals surface area contributed by atoms with Crippen LogP contribution in [0.2, 0.25) is 0 Å². The van der Waals surface area contributed by atoms with Crippen molar-refractivity contribution in [2.75, 3.05) is 40.8 Å². The Morgan fingerprint density at radius 3 is 2.52 bits per heavy atom. The number of halogens is 1. The molecule has 174 valence electrons. The van der Waals surface area contributed by atoms with Gasteiger partial charge in [-0.3, -0.25) is 0 Å². The molecule has 1 aromatic carbocycles. The second-order valence-electron chi connectivity index (χ2n) is 7.93. The molecule has 31 heavy (non-hydrogen) atoms. The lowest BCUT2D eigenvalue weighted by Crippen LogP contribution is -2.42. The monoisotopic (exact) mass is 544 g/mol. The summed E-state index contributed by atoms with van der Waals surface area (Å²) in [5.41, 5.74) is 0.805. The average molecular weight is 544 g/mol. The van der Waals surface area contributed by atoms with E-state index in [0.717, 1.165) is 34.9 Å². The quantitative estimate of drug-likeness (QED) is 0.255. The van der Waals surface area contributed by atoms with Crippen molar-refractivity contribution in [3.8, 4) is 5.75 Å². The van der Waals surface area contributed by atoms with Gasteiger partial charge in [-0.25, -0.2) is 4.99 Å². The molecule has 0 saturated carbocycles. The molecule has 1 heterocycles. The topological polar surface area (TPSA) is 82.3 Å². The molecular formula is C23H37IN4O3. The van der Waals surface area contributed by atoms with Crippen LogP contribution in [0.1, 0.15) is 42.5 Å². The van der Waals surface area contributed by atoms with Gasteiger partial charge in [-0.1, -0.05) is 12.1 Å². The first-order valence-corrected chi connectivity index (χ1v) is 10.3. The first kappa shape index (κ1) is 27.3. The van der Waals surface area contributed by atoms with E-state index in [9.17, 15) is 5.11 Å². The van der Waals surface area contributed by atoms with Crippen LogP contribution in [0.25, 0.3) is 0 Å². The number of benzene rings is 1. The molecule has 0 amide bonds. The highest BCUT2D eigenvalue weighted by Gasteiger charge is 2.27. The SMILES string of the molecule is CCNC(=NCC(C)(O)c1cc(C)oc1C)NCC(c1cccc(OC)c1)N(C)C.I.